The smallest absolute Gasteiger partial charge is 0.417 e. The first kappa shape index (κ1) is 22.5. The Labute approximate surface area is 193 Å². The second-order valence-electron chi connectivity index (χ2n) is 9.00. The molecule has 1 aliphatic rings. The summed E-state index contributed by atoms with van der Waals surface area (Å²) in [5.74, 6) is 0.130. The van der Waals surface area contributed by atoms with Crippen molar-refractivity contribution >= 4 is 12.1 Å². The highest BCUT2D eigenvalue weighted by atomic mass is 19.1. The van der Waals surface area contributed by atoms with E-state index in [0.717, 1.165) is 16.7 Å². The number of guanidine groups is 1. The SMILES string of the molecule is CC(C)(C)OC(=O)N1C(=NCc2ccc(F)cc2)NC(c2ccccc2)C1c1ccccc1. The molecule has 170 valence electrons. The van der Waals surface area contributed by atoms with E-state index in [-0.39, 0.29) is 17.9 Å². The third-order valence-corrected chi connectivity index (χ3v) is 5.32. The summed E-state index contributed by atoms with van der Waals surface area (Å²) in [4.78, 5) is 19.7. The van der Waals surface area contributed by atoms with Crippen LogP contribution in [0, 0.1) is 5.82 Å². The fraction of sp³-hybridized carbons (Fsp3) is 0.259. The first-order chi connectivity index (χ1) is 15.8. The van der Waals surface area contributed by atoms with Gasteiger partial charge in [-0.3, -0.25) is 0 Å². The maximum absolute atomic E-state index is 13.4. The Balaban J connectivity index is 1.77. The summed E-state index contributed by atoms with van der Waals surface area (Å²) in [6, 6.07) is 25.5. The molecule has 1 aliphatic heterocycles. The molecule has 3 aromatic rings. The van der Waals surface area contributed by atoms with Gasteiger partial charge in [-0.05, 0) is 49.6 Å². The number of carbonyl (C=O) groups excluding carboxylic acids is 1. The van der Waals surface area contributed by atoms with Crippen LogP contribution < -0.4 is 5.32 Å². The number of benzene rings is 3. The van der Waals surface area contributed by atoms with Gasteiger partial charge in [0.25, 0.3) is 0 Å². The number of rotatable bonds is 4. The van der Waals surface area contributed by atoms with Gasteiger partial charge in [-0.15, -0.1) is 0 Å². The summed E-state index contributed by atoms with van der Waals surface area (Å²) < 4.78 is 19.1. The molecule has 0 saturated carbocycles. The number of aliphatic imine (C=N–C) groups is 1. The van der Waals surface area contributed by atoms with Crippen LogP contribution in [0.2, 0.25) is 0 Å². The summed E-state index contributed by atoms with van der Waals surface area (Å²) >= 11 is 0. The highest BCUT2D eigenvalue weighted by molar-refractivity contribution is 5.97. The minimum Gasteiger partial charge on any atom is -0.443 e. The zero-order valence-corrected chi connectivity index (χ0v) is 19.0. The number of nitrogens with one attached hydrogen (secondary N) is 1. The lowest BCUT2D eigenvalue weighted by Gasteiger charge is -2.29. The van der Waals surface area contributed by atoms with E-state index in [2.05, 4.69) is 5.32 Å². The maximum Gasteiger partial charge on any atom is 0.417 e. The molecule has 1 saturated heterocycles. The largest absolute Gasteiger partial charge is 0.443 e. The Bertz CT molecular complexity index is 1110. The molecule has 1 heterocycles. The van der Waals surface area contributed by atoms with Gasteiger partial charge < -0.3 is 10.1 Å². The molecule has 2 unspecified atom stereocenters. The molecule has 2 atom stereocenters. The van der Waals surface area contributed by atoms with E-state index < -0.39 is 11.7 Å². The van der Waals surface area contributed by atoms with Crippen LogP contribution in [0.25, 0.3) is 0 Å². The Morgan fingerprint density at radius 3 is 2.09 bits per heavy atom. The fourth-order valence-corrected chi connectivity index (χ4v) is 3.88. The van der Waals surface area contributed by atoms with Gasteiger partial charge in [0.2, 0.25) is 5.96 Å². The molecule has 0 radical (unpaired) electrons. The number of nitrogens with zero attached hydrogens (tertiary/aromatic N) is 2. The van der Waals surface area contributed by atoms with E-state index >= 15 is 0 Å². The fourth-order valence-electron chi connectivity index (χ4n) is 3.88. The van der Waals surface area contributed by atoms with Crippen molar-refractivity contribution in [1.29, 1.82) is 0 Å². The molecule has 0 aliphatic carbocycles. The van der Waals surface area contributed by atoms with E-state index in [9.17, 15) is 9.18 Å². The van der Waals surface area contributed by atoms with Crippen LogP contribution in [0.15, 0.2) is 89.9 Å². The van der Waals surface area contributed by atoms with Crippen molar-refractivity contribution in [1.82, 2.24) is 10.2 Å². The standard InChI is InChI=1S/C27H28FN3O2/c1-27(2,3)33-26(32)31-24(21-12-8-5-9-13-21)23(20-10-6-4-7-11-20)30-25(31)29-18-19-14-16-22(28)17-15-19/h4-17,23-24H,18H2,1-3H3,(H,29,30). The van der Waals surface area contributed by atoms with E-state index in [1.165, 1.54) is 12.1 Å². The van der Waals surface area contributed by atoms with Gasteiger partial charge in [0, 0.05) is 0 Å². The molecule has 4 rings (SSSR count). The van der Waals surface area contributed by atoms with Crippen LogP contribution in [-0.4, -0.2) is 22.6 Å². The van der Waals surface area contributed by atoms with E-state index in [1.54, 1.807) is 17.0 Å². The zero-order valence-electron chi connectivity index (χ0n) is 19.0. The van der Waals surface area contributed by atoms with Crippen molar-refractivity contribution in [3.05, 3.63) is 107 Å². The van der Waals surface area contributed by atoms with Gasteiger partial charge in [0.1, 0.15) is 11.4 Å². The molecule has 1 N–H and O–H groups in total. The van der Waals surface area contributed by atoms with Crippen LogP contribution in [0.1, 0.15) is 49.5 Å². The molecule has 3 aromatic carbocycles. The lowest BCUT2D eigenvalue weighted by molar-refractivity contribution is 0.0320. The number of carbonyl (C=O) groups is 1. The van der Waals surface area contributed by atoms with Gasteiger partial charge in [-0.1, -0.05) is 72.8 Å². The molecule has 6 heteroatoms. The van der Waals surface area contributed by atoms with Gasteiger partial charge >= 0.3 is 6.09 Å². The molecule has 0 bridgehead atoms. The summed E-state index contributed by atoms with van der Waals surface area (Å²) in [5, 5.41) is 3.46. The average molecular weight is 446 g/mol. The zero-order chi connectivity index (χ0) is 23.4. The Hall–Kier alpha value is -3.67. The third-order valence-electron chi connectivity index (χ3n) is 5.32. The molecule has 5 nitrogen and oxygen atoms in total. The quantitative estimate of drug-likeness (QED) is 0.535. The number of amides is 1. The number of ether oxygens (including phenoxy) is 1. The van der Waals surface area contributed by atoms with Crippen molar-refractivity contribution in [3.8, 4) is 0 Å². The Kier molecular flexibility index (Phi) is 6.45. The van der Waals surface area contributed by atoms with Crippen molar-refractivity contribution in [3.63, 3.8) is 0 Å². The summed E-state index contributed by atoms with van der Waals surface area (Å²) in [6.45, 7) is 5.83. The lowest BCUT2D eigenvalue weighted by Crippen LogP contribution is -2.41. The van der Waals surface area contributed by atoms with Crippen LogP contribution in [0.5, 0.6) is 0 Å². The van der Waals surface area contributed by atoms with Crippen molar-refractivity contribution in [2.75, 3.05) is 0 Å². The molecular weight excluding hydrogens is 417 g/mol. The third kappa shape index (κ3) is 5.40. The highest BCUT2D eigenvalue weighted by Crippen LogP contribution is 2.40. The van der Waals surface area contributed by atoms with Crippen molar-refractivity contribution in [2.24, 2.45) is 4.99 Å². The molecular formula is C27H28FN3O2. The Morgan fingerprint density at radius 2 is 1.52 bits per heavy atom. The second-order valence-corrected chi connectivity index (χ2v) is 9.00. The minimum atomic E-state index is -0.661. The molecule has 0 aromatic heterocycles. The number of halogens is 1. The van der Waals surface area contributed by atoms with Gasteiger partial charge in [0.05, 0.1) is 18.6 Å². The number of hydrogen-bond acceptors (Lipinski definition) is 3. The van der Waals surface area contributed by atoms with Gasteiger partial charge in [0.15, 0.2) is 0 Å². The Morgan fingerprint density at radius 1 is 0.939 bits per heavy atom. The van der Waals surface area contributed by atoms with Crippen LogP contribution in [-0.2, 0) is 11.3 Å². The maximum atomic E-state index is 13.4. The topological polar surface area (TPSA) is 53.9 Å². The molecule has 0 spiro atoms. The molecule has 1 amide bonds. The molecule has 33 heavy (non-hydrogen) atoms. The highest BCUT2D eigenvalue weighted by Gasteiger charge is 2.45. The first-order valence-electron chi connectivity index (χ1n) is 11.0. The van der Waals surface area contributed by atoms with E-state index in [0.29, 0.717) is 12.5 Å². The summed E-state index contributed by atoms with van der Waals surface area (Å²) in [5.41, 5.74) is 2.18. The normalized spacial score (nSPS) is 19.4. The van der Waals surface area contributed by atoms with Crippen LogP contribution in [0.4, 0.5) is 9.18 Å². The molecule has 1 fully saturated rings. The van der Waals surface area contributed by atoms with Gasteiger partial charge in [-0.25, -0.2) is 19.1 Å². The predicted octanol–water partition coefficient (Wildman–Crippen LogP) is 6.00. The van der Waals surface area contributed by atoms with E-state index in [4.69, 9.17) is 9.73 Å². The van der Waals surface area contributed by atoms with Crippen LogP contribution >= 0.6 is 0 Å². The number of hydrogen-bond donors (Lipinski definition) is 1. The minimum absolute atomic E-state index is 0.215. The summed E-state index contributed by atoms with van der Waals surface area (Å²) in [6.07, 6.45) is -0.472. The second kappa shape index (κ2) is 9.45. The lowest BCUT2D eigenvalue weighted by atomic mass is 9.94. The monoisotopic (exact) mass is 445 g/mol. The van der Waals surface area contributed by atoms with Crippen molar-refractivity contribution < 1.29 is 13.9 Å². The average Bonchev–Trinajstić information content (AvgIpc) is 3.18. The summed E-state index contributed by atoms with van der Waals surface area (Å²) in [7, 11) is 0. The van der Waals surface area contributed by atoms with Gasteiger partial charge in [-0.2, -0.15) is 0 Å². The predicted molar refractivity (Wildman–Crippen MR) is 127 cm³/mol. The first-order valence-corrected chi connectivity index (χ1v) is 11.0. The van der Waals surface area contributed by atoms with Crippen molar-refractivity contribution in [2.45, 2.75) is 45.0 Å². The van der Waals surface area contributed by atoms with E-state index in [1.807, 2.05) is 81.4 Å². The van der Waals surface area contributed by atoms with Crippen LogP contribution in [0.3, 0.4) is 0 Å².